The number of hydrogen-bond acceptors (Lipinski definition) is 2. The van der Waals surface area contributed by atoms with Gasteiger partial charge in [-0.2, -0.15) is 0 Å². The summed E-state index contributed by atoms with van der Waals surface area (Å²) < 4.78 is 0. The van der Waals surface area contributed by atoms with Gasteiger partial charge in [-0.1, -0.05) is 26.0 Å². The highest BCUT2D eigenvalue weighted by atomic mass is 16.2. The van der Waals surface area contributed by atoms with Crippen molar-refractivity contribution in [1.82, 2.24) is 10.2 Å². The molecule has 16 heavy (non-hydrogen) atoms. The van der Waals surface area contributed by atoms with Gasteiger partial charge in [-0.15, -0.1) is 0 Å². The van der Waals surface area contributed by atoms with E-state index in [0.717, 1.165) is 25.4 Å². The molecular weight excluding hydrogens is 200 g/mol. The van der Waals surface area contributed by atoms with E-state index in [0.29, 0.717) is 18.5 Å². The second kappa shape index (κ2) is 5.00. The number of carbonyl (C=O) groups excluding carboxylic acids is 1. The molecule has 90 valence electrons. The van der Waals surface area contributed by atoms with Crippen molar-refractivity contribution in [1.29, 1.82) is 0 Å². The van der Waals surface area contributed by atoms with Crippen molar-refractivity contribution >= 4 is 5.91 Å². The zero-order valence-corrected chi connectivity index (χ0v) is 10.3. The Bertz CT molecular complexity index is 284. The minimum atomic E-state index is 0.189. The van der Waals surface area contributed by atoms with E-state index in [1.54, 1.807) is 0 Å². The molecule has 0 aromatic carbocycles. The molecule has 0 aromatic heterocycles. The van der Waals surface area contributed by atoms with Crippen molar-refractivity contribution in [2.45, 2.75) is 32.7 Å². The Kier molecular flexibility index (Phi) is 3.64. The summed E-state index contributed by atoms with van der Waals surface area (Å²) in [6.45, 7) is 6.62. The smallest absolute Gasteiger partial charge is 0.234 e. The zero-order valence-electron chi connectivity index (χ0n) is 10.3. The second-order valence-corrected chi connectivity index (χ2v) is 4.92. The quantitative estimate of drug-likeness (QED) is 0.713. The fraction of sp³-hybridized carbons (Fsp3) is 0.769. The maximum atomic E-state index is 11.8. The second-order valence-electron chi connectivity index (χ2n) is 4.92. The van der Waals surface area contributed by atoms with E-state index < -0.39 is 0 Å². The highest BCUT2D eigenvalue weighted by Crippen LogP contribution is 2.38. The van der Waals surface area contributed by atoms with Crippen LogP contribution >= 0.6 is 0 Å². The number of likely N-dealkylation sites (N-methyl/N-ethyl adjacent to an activating group) is 1. The Morgan fingerprint density at radius 1 is 1.31 bits per heavy atom. The number of carbonyl (C=O) groups is 1. The molecule has 2 aliphatic carbocycles. The fourth-order valence-electron chi connectivity index (χ4n) is 2.85. The predicted octanol–water partition coefficient (Wildman–Crippen LogP) is 1.41. The molecule has 2 aliphatic rings. The average Bonchev–Trinajstić information content (AvgIpc) is 2.87. The standard InChI is InChI=1S/C13H22N2O/c1-3-15(4-2)9-13(16)14-12-8-10-5-6-11(12)7-10/h5-6,10-12H,3-4,7-9H2,1-2H3,(H,14,16). The summed E-state index contributed by atoms with van der Waals surface area (Å²) in [4.78, 5) is 14.0. The van der Waals surface area contributed by atoms with Gasteiger partial charge in [0.2, 0.25) is 5.91 Å². The Morgan fingerprint density at radius 2 is 2.06 bits per heavy atom. The Morgan fingerprint density at radius 3 is 2.56 bits per heavy atom. The summed E-state index contributed by atoms with van der Waals surface area (Å²) >= 11 is 0. The lowest BCUT2D eigenvalue weighted by molar-refractivity contribution is -0.123. The summed E-state index contributed by atoms with van der Waals surface area (Å²) in [6, 6.07) is 0.401. The maximum Gasteiger partial charge on any atom is 0.234 e. The molecule has 0 heterocycles. The number of nitrogens with zero attached hydrogens (tertiary/aromatic N) is 1. The van der Waals surface area contributed by atoms with Gasteiger partial charge < -0.3 is 5.32 Å². The summed E-state index contributed by atoms with van der Waals surface area (Å²) in [5, 5.41) is 3.18. The highest BCUT2D eigenvalue weighted by molar-refractivity contribution is 5.78. The van der Waals surface area contributed by atoms with Crippen LogP contribution in [0.1, 0.15) is 26.7 Å². The summed E-state index contributed by atoms with van der Waals surface area (Å²) in [5.41, 5.74) is 0. The molecule has 0 spiro atoms. The number of fused-ring (bicyclic) bond motifs is 2. The van der Waals surface area contributed by atoms with Crippen LogP contribution < -0.4 is 5.32 Å². The largest absolute Gasteiger partial charge is 0.352 e. The molecule has 3 nitrogen and oxygen atoms in total. The normalized spacial score (nSPS) is 31.3. The number of allylic oxidation sites excluding steroid dienone is 1. The molecule has 3 heteroatoms. The molecule has 3 atom stereocenters. The van der Waals surface area contributed by atoms with Gasteiger partial charge in [-0.25, -0.2) is 0 Å². The van der Waals surface area contributed by atoms with Crippen molar-refractivity contribution in [3.05, 3.63) is 12.2 Å². The van der Waals surface area contributed by atoms with Crippen molar-refractivity contribution in [2.75, 3.05) is 19.6 Å². The van der Waals surface area contributed by atoms with Gasteiger partial charge in [0, 0.05) is 6.04 Å². The first-order chi connectivity index (χ1) is 7.72. The van der Waals surface area contributed by atoms with Crippen LogP contribution in [0.15, 0.2) is 12.2 Å². The van der Waals surface area contributed by atoms with E-state index in [-0.39, 0.29) is 5.91 Å². The minimum Gasteiger partial charge on any atom is -0.352 e. The fourth-order valence-corrected chi connectivity index (χ4v) is 2.85. The van der Waals surface area contributed by atoms with E-state index in [4.69, 9.17) is 0 Å². The minimum absolute atomic E-state index is 0.189. The van der Waals surface area contributed by atoms with Crippen LogP contribution in [-0.2, 0) is 4.79 Å². The summed E-state index contributed by atoms with van der Waals surface area (Å²) in [7, 11) is 0. The molecule has 1 amide bonds. The topological polar surface area (TPSA) is 32.3 Å². The predicted molar refractivity (Wildman–Crippen MR) is 65.1 cm³/mol. The van der Waals surface area contributed by atoms with Gasteiger partial charge in [0.25, 0.3) is 0 Å². The Labute approximate surface area is 97.9 Å². The van der Waals surface area contributed by atoms with Gasteiger partial charge in [-0.05, 0) is 37.8 Å². The van der Waals surface area contributed by atoms with Crippen LogP contribution in [0.3, 0.4) is 0 Å². The molecule has 1 fully saturated rings. The van der Waals surface area contributed by atoms with Crippen LogP contribution in [-0.4, -0.2) is 36.5 Å². The van der Waals surface area contributed by atoms with Gasteiger partial charge in [0.1, 0.15) is 0 Å². The lowest BCUT2D eigenvalue weighted by atomic mass is 10.0. The monoisotopic (exact) mass is 222 g/mol. The average molecular weight is 222 g/mol. The third kappa shape index (κ3) is 2.46. The Balaban J connectivity index is 1.77. The molecular formula is C13H22N2O. The van der Waals surface area contributed by atoms with Gasteiger partial charge in [0.15, 0.2) is 0 Å². The van der Waals surface area contributed by atoms with Crippen molar-refractivity contribution < 1.29 is 4.79 Å². The summed E-state index contributed by atoms with van der Waals surface area (Å²) in [5.74, 6) is 1.52. The highest BCUT2D eigenvalue weighted by Gasteiger charge is 2.36. The van der Waals surface area contributed by atoms with E-state index in [1.165, 1.54) is 6.42 Å². The molecule has 2 rings (SSSR count). The third-order valence-electron chi connectivity index (χ3n) is 3.89. The first-order valence-corrected chi connectivity index (χ1v) is 6.43. The van der Waals surface area contributed by atoms with E-state index >= 15 is 0 Å². The van der Waals surface area contributed by atoms with Crippen LogP contribution in [0.4, 0.5) is 0 Å². The molecule has 2 bridgehead atoms. The van der Waals surface area contributed by atoms with E-state index in [1.807, 2.05) is 0 Å². The van der Waals surface area contributed by atoms with Crippen LogP contribution in [0.2, 0.25) is 0 Å². The summed E-state index contributed by atoms with van der Waals surface area (Å²) in [6.07, 6.45) is 6.97. The molecule has 1 N–H and O–H groups in total. The SMILES string of the molecule is CCN(CC)CC(=O)NC1CC2C=CC1C2. The van der Waals surface area contributed by atoms with Gasteiger partial charge in [-0.3, -0.25) is 9.69 Å². The number of hydrogen-bond donors (Lipinski definition) is 1. The lowest BCUT2D eigenvalue weighted by Crippen LogP contribution is -2.43. The Hall–Kier alpha value is -0.830. The lowest BCUT2D eigenvalue weighted by Gasteiger charge is -2.23. The van der Waals surface area contributed by atoms with Gasteiger partial charge >= 0.3 is 0 Å². The number of rotatable bonds is 5. The van der Waals surface area contributed by atoms with Crippen molar-refractivity contribution in [2.24, 2.45) is 11.8 Å². The molecule has 0 radical (unpaired) electrons. The first-order valence-electron chi connectivity index (χ1n) is 6.43. The van der Waals surface area contributed by atoms with Crippen LogP contribution in [0.5, 0.6) is 0 Å². The number of nitrogens with one attached hydrogen (secondary N) is 1. The van der Waals surface area contributed by atoms with Crippen molar-refractivity contribution in [3.63, 3.8) is 0 Å². The van der Waals surface area contributed by atoms with Crippen molar-refractivity contribution in [3.8, 4) is 0 Å². The molecule has 0 aliphatic heterocycles. The molecule has 3 unspecified atom stereocenters. The van der Waals surface area contributed by atoms with E-state index in [2.05, 4.69) is 36.2 Å². The first kappa shape index (κ1) is 11.6. The van der Waals surface area contributed by atoms with E-state index in [9.17, 15) is 4.79 Å². The molecule has 1 saturated carbocycles. The third-order valence-corrected chi connectivity index (χ3v) is 3.89. The number of amides is 1. The van der Waals surface area contributed by atoms with Crippen LogP contribution in [0, 0.1) is 11.8 Å². The molecule has 0 saturated heterocycles. The molecule has 0 aromatic rings. The van der Waals surface area contributed by atoms with Crippen LogP contribution in [0.25, 0.3) is 0 Å². The maximum absolute atomic E-state index is 11.8. The van der Waals surface area contributed by atoms with Gasteiger partial charge in [0.05, 0.1) is 6.54 Å². The zero-order chi connectivity index (χ0) is 11.5.